The van der Waals surface area contributed by atoms with Crippen LogP contribution in [0.25, 0.3) is 0 Å². The zero-order chi connectivity index (χ0) is 30.8. The van der Waals surface area contributed by atoms with E-state index in [9.17, 15) is 24.0 Å². The zero-order valence-electron chi connectivity index (χ0n) is 23.2. The summed E-state index contributed by atoms with van der Waals surface area (Å²) >= 11 is 2.71. The van der Waals surface area contributed by atoms with Crippen molar-refractivity contribution >= 4 is 83.0 Å². The molecule has 17 heteroatoms. The third-order valence-corrected chi connectivity index (χ3v) is 4.84. The molecule has 0 saturated carbocycles. The number of aliphatic hydroxyl groups is 3. The smallest absolute Gasteiger partial charge is 0.474 e. The van der Waals surface area contributed by atoms with E-state index in [0.717, 1.165) is 6.29 Å². The molecule has 3 atom stereocenters. The van der Waals surface area contributed by atoms with Gasteiger partial charge in [-0.2, -0.15) is 0 Å². The molecule has 2 rings (SSSR count). The monoisotopic (exact) mass is 872 g/mol. The summed E-state index contributed by atoms with van der Waals surface area (Å²) in [6.45, 7) is 4.68. The Bertz CT molecular complexity index is 901. The van der Waals surface area contributed by atoms with Gasteiger partial charge in [-0.05, 0) is 33.4 Å². The number of nitrogens with zero attached hydrogens (tertiary/aromatic N) is 2. The van der Waals surface area contributed by atoms with E-state index >= 15 is 0 Å². The Kier molecular flexibility index (Phi) is 91.4. The van der Waals surface area contributed by atoms with Crippen LogP contribution in [0.2, 0.25) is 0 Å². The first kappa shape index (κ1) is 81.6. The molecular weight excluding hydrogens is 799 g/mol. The van der Waals surface area contributed by atoms with Crippen molar-refractivity contribution in [2.45, 2.75) is 119 Å². The second kappa shape index (κ2) is 56.0. The van der Waals surface area contributed by atoms with Crippen molar-refractivity contribution in [3.05, 3.63) is 28.5 Å². The number of hydrogen-bond donors (Lipinski definition) is 3. The number of allylic oxidation sites excluding steroid dienone is 1. The van der Waals surface area contributed by atoms with E-state index in [1.807, 2.05) is 6.26 Å². The van der Waals surface area contributed by atoms with Crippen LogP contribution in [-0.4, -0.2) is 131 Å². The number of aldehydes is 2. The predicted octanol–water partition coefficient (Wildman–Crippen LogP) is 6.27. The number of hydrogen-bond acceptors (Lipinski definition) is 16. The maximum atomic E-state index is 11.4. The van der Waals surface area contributed by atoms with Crippen molar-refractivity contribution in [2.75, 3.05) is 32.7 Å². The number of aliphatic imine (C=N–C) groups is 1. The van der Waals surface area contributed by atoms with Gasteiger partial charge in [0, 0.05) is 32.4 Å². The van der Waals surface area contributed by atoms with Gasteiger partial charge >= 0.3 is 41.8 Å². The van der Waals surface area contributed by atoms with Gasteiger partial charge < -0.3 is 34.3 Å². The molecule has 0 aromatic carbocycles. The Morgan fingerprint density at radius 1 is 0.940 bits per heavy atom. The number of cyclic esters (lactones) is 2. The van der Waals surface area contributed by atoms with Gasteiger partial charge in [0.2, 0.25) is 0 Å². The zero-order valence-corrected chi connectivity index (χ0v) is 27.7. The summed E-state index contributed by atoms with van der Waals surface area (Å²) in [5.74, 6) is -1.60. The molecule has 2 radical (unpaired) electrons. The quantitative estimate of drug-likeness (QED) is 0.0244. The normalized spacial score (nSPS) is 13.5. The van der Waals surface area contributed by atoms with Crippen LogP contribution in [0.4, 0.5) is 0 Å². The van der Waals surface area contributed by atoms with Crippen LogP contribution in [0, 0.1) is 0 Å². The van der Waals surface area contributed by atoms with Gasteiger partial charge in [0.05, 0.1) is 28.7 Å². The van der Waals surface area contributed by atoms with Crippen LogP contribution in [0.5, 0.6) is 0 Å². The molecule has 2 heterocycles. The summed E-state index contributed by atoms with van der Waals surface area (Å²) in [5.41, 5.74) is 3.15. The molecule has 300 valence electrons. The number of rotatable bonds is 12. The standard InChI is InChI=1S/C11H17NO5S.C6H8O4.C4H3NOS.C3H8O2.9CH4.Sn/c1-9(11(15)16-5-3-4-13)17-10(7-14)6-12-8-18-2;1-3-5(7)10-4(2)6(8)9-3;6-2-4-1-5-3-7-4;4-2-1-3-5;;;;;;;;;;/h6-9,13H,3-5H2,1-2H3;3-4H,1-2H3;1-3H;4-5H,1-3H2;9*1H4;/q;;;;;;;;;;;;;+2. The number of carbonyl (C=O) groups excluding carboxylic acids is 5. The molecule has 0 amide bonds. The van der Waals surface area contributed by atoms with Gasteiger partial charge in [-0.25, -0.2) is 14.4 Å². The van der Waals surface area contributed by atoms with Gasteiger partial charge in [0.25, 0.3) is 0 Å². The van der Waals surface area contributed by atoms with Crippen LogP contribution in [0.1, 0.15) is 110 Å². The largest absolute Gasteiger partial charge is 2.00 e. The van der Waals surface area contributed by atoms with E-state index in [0.29, 0.717) is 24.0 Å². The van der Waals surface area contributed by atoms with E-state index < -0.39 is 36.2 Å². The third-order valence-electron chi connectivity index (χ3n) is 3.81. The number of carbonyl (C=O) groups is 5. The van der Waals surface area contributed by atoms with E-state index in [1.54, 1.807) is 5.51 Å². The Hall–Kier alpha value is -2.38. The first-order valence-corrected chi connectivity index (χ1v) is 13.9. The Labute approximate surface area is 329 Å². The van der Waals surface area contributed by atoms with Crippen molar-refractivity contribution < 1.29 is 58.2 Å². The SMILES string of the molecule is C.C.C.C.C.C.C.C.C.CC1OC(=O)C(C)OC1=O.CSC=NC=C(C=O)OC(C)C(=O)OCCCO.O=Cc1cncs1.OCCCO.[Sn+2]. The molecule has 0 aliphatic carbocycles. The maximum Gasteiger partial charge on any atom is 2.00 e. The minimum Gasteiger partial charge on any atom is -0.474 e. The number of aromatic nitrogens is 1. The summed E-state index contributed by atoms with van der Waals surface area (Å²) < 4.78 is 19.1. The first-order valence-electron chi connectivity index (χ1n) is 11.7. The molecule has 3 unspecified atom stereocenters. The van der Waals surface area contributed by atoms with Gasteiger partial charge in [-0.1, -0.05) is 66.8 Å². The summed E-state index contributed by atoms with van der Waals surface area (Å²) in [6.07, 6.45) is 4.31. The Morgan fingerprint density at radius 3 is 1.70 bits per heavy atom. The van der Waals surface area contributed by atoms with Crippen LogP contribution in [0.3, 0.4) is 0 Å². The van der Waals surface area contributed by atoms with Gasteiger partial charge in [0.1, 0.15) is 0 Å². The number of ether oxygens (including phenoxy) is 4. The number of thiazole rings is 1. The van der Waals surface area contributed by atoms with Crippen molar-refractivity contribution in [3.8, 4) is 0 Å². The molecule has 3 N–H and O–H groups in total. The van der Waals surface area contributed by atoms with E-state index in [1.165, 1.54) is 61.8 Å². The molecule has 1 aromatic rings. The number of thioether (sulfide) groups is 1. The van der Waals surface area contributed by atoms with Crippen molar-refractivity contribution in [1.82, 2.24) is 4.98 Å². The maximum absolute atomic E-state index is 11.4. The summed E-state index contributed by atoms with van der Waals surface area (Å²) in [7, 11) is 0. The molecule has 0 spiro atoms. The van der Waals surface area contributed by atoms with E-state index in [4.69, 9.17) is 24.8 Å². The number of esters is 3. The number of aliphatic hydroxyl groups excluding tert-OH is 3. The molecule has 1 aliphatic rings. The molecule has 50 heavy (non-hydrogen) atoms. The minimum absolute atomic E-state index is 0. The fourth-order valence-electron chi connectivity index (χ4n) is 1.85. The summed E-state index contributed by atoms with van der Waals surface area (Å²) in [5, 5.41) is 24.3. The first-order chi connectivity index (χ1) is 19.1. The van der Waals surface area contributed by atoms with Gasteiger partial charge in [0.15, 0.2) is 36.6 Å². The second-order valence-electron chi connectivity index (χ2n) is 7.12. The average Bonchev–Trinajstić information content (AvgIpc) is 3.47. The van der Waals surface area contributed by atoms with Gasteiger partial charge in [-0.15, -0.1) is 23.1 Å². The molecule has 1 fully saturated rings. The van der Waals surface area contributed by atoms with Crippen LogP contribution >= 0.6 is 23.1 Å². The van der Waals surface area contributed by atoms with E-state index in [-0.39, 0.29) is 123 Å². The fraction of sp³-hybridized carbons (Fsp3) is 0.667. The van der Waals surface area contributed by atoms with Crippen molar-refractivity contribution in [2.24, 2.45) is 4.99 Å². The third kappa shape index (κ3) is 45.6. The fourth-order valence-corrected chi connectivity index (χ4v) is 2.45. The molecule has 1 saturated heterocycles. The van der Waals surface area contributed by atoms with E-state index in [2.05, 4.69) is 19.5 Å². The molecule has 0 bridgehead atoms. The van der Waals surface area contributed by atoms with Crippen molar-refractivity contribution in [1.29, 1.82) is 0 Å². The molecule has 1 aliphatic heterocycles. The van der Waals surface area contributed by atoms with Crippen molar-refractivity contribution in [3.63, 3.8) is 0 Å². The van der Waals surface area contributed by atoms with Crippen LogP contribution in [-0.2, 0) is 38.1 Å². The predicted molar refractivity (Wildman–Crippen MR) is 213 cm³/mol. The summed E-state index contributed by atoms with van der Waals surface area (Å²) in [4.78, 5) is 61.3. The van der Waals surface area contributed by atoms with Gasteiger partial charge in [-0.3, -0.25) is 19.6 Å². The summed E-state index contributed by atoms with van der Waals surface area (Å²) in [6, 6.07) is 0. The average molecular weight is 872 g/mol. The molecular formula is C33H72N2O12S2Sn+2. The minimum atomic E-state index is -0.898. The molecule has 1 aromatic heterocycles. The molecule has 14 nitrogen and oxygen atoms in total. The Morgan fingerprint density at radius 2 is 1.40 bits per heavy atom. The second-order valence-corrected chi connectivity index (χ2v) is 8.73. The Balaban J connectivity index is -0.0000000393. The van der Waals surface area contributed by atoms with Crippen LogP contribution in [0.15, 0.2) is 28.7 Å². The topological polar surface area (TPSA) is 208 Å². The van der Waals surface area contributed by atoms with Crippen LogP contribution < -0.4 is 0 Å².